The van der Waals surface area contributed by atoms with Gasteiger partial charge in [0.15, 0.2) is 0 Å². The average molecular weight is 268 g/mol. The molecule has 0 aliphatic carbocycles. The van der Waals surface area contributed by atoms with Crippen LogP contribution >= 0.6 is 23.4 Å². The van der Waals surface area contributed by atoms with E-state index < -0.39 is 5.97 Å². The second-order valence-corrected chi connectivity index (χ2v) is 4.98. The van der Waals surface area contributed by atoms with Crippen LogP contribution in [0.4, 0.5) is 0 Å². The van der Waals surface area contributed by atoms with Crippen molar-refractivity contribution in [2.24, 2.45) is 0 Å². The Bertz CT molecular complexity index is 559. The molecule has 5 heteroatoms. The molecule has 1 aromatic heterocycles. The van der Waals surface area contributed by atoms with Crippen LogP contribution in [-0.4, -0.2) is 21.8 Å². The summed E-state index contributed by atoms with van der Waals surface area (Å²) in [4.78, 5) is 15.7. The Morgan fingerprint density at radius 3 is 3.00 bits per heavy atom. The number of fused-ring (bicyclic) bond motifs is 1. The highest BCUT2D eigenvalue weighted by Crippen LogP contribution is 2.30. The van der Waals surface area contributed by atoms with Gasteiger partial charge in [-0.2, -0.15) is 0 Å². The molecule has 0 saturated heterocycles. The van der Waals surface area contributed by atoms with Gasteiger partial charge >= 0.3 is 5.97 Å². The lowest BCUT2D eigenvalue weighted by atomic mass is 10.2. The molecule has 88 valence electrons. The first-order chi connectivity index (χ1) is 8.18. The van der Waals surface area contributed by atoms with E-state index in [1.807, 2.05) is 18.2 Å². The molecule has 0 bridgehead atoms. The van der Waals surface area contributed by atoms with Crippen LogP contribution in [0.1, 0.15) is 6.42 Å². The van der Waals surface area contributed by atoms with Crippen molar-refractivity contribution < 1.29 is 9.90 Å². The summed E-state index contributed by atoms with van der Waals surface area (Å²) in [6.45, 7) is 0. The highest BCUT2D eigenvalue weighted by molar-refractivity contribution is 7.99. The number of halogens is 1. The number of thioether (sulfide) groups is 1. The molecule has 0 unspecified atom stereocenters. The standard InChI is InChI=1S/C12H10ClNO2S/c13-9-3-1-2-8-10(4-6-14-12(8)9)17-7-5-11(15)16/h1-4,6H,5,7H2,(H,15,16). The van der Waals surface area contributed by atoms with Crippen molar-refractivity contribution in [3.05, 3.63) is 35.5 Å². The van der Waals surface area contributed by atoms with Crippen molar-refractivity contribution in [1.82, 2.24) is 4.98 Å². The highest BCUT2D eigenvalue weighted by Gasteiger charge is 2.06. The van der Waals surface area contributed by atoms with E-state index in [2.05, 4.69) is 4.98 Å². The number of hydrogen-bond acceptors (Lipinski definition) is 3. The van der Waals surface area contributed by atoms with E-state index in [9.17, 15) is 4.79 Å². The van der Waals surface area contributed by atoms with Gasteiger partial charge in [0.1, 0.15) is 0 Å². The topological polar surface area (TPSA) is 50.2 Å². The van der Waals surface area contributed by atoms with Gasteiger partial charge in [-0.05, 0) is 12.1 Å². The smallest absolute Gasteiger partial charge is 0.304 e. The summed E-state index contributed by atoms with van der Waals surface area (Å²) in [5.41, 5.74) is 0.759. The van der Waals surface area contributed by atoms with Crippen LogP contribution in [0.15, 0.2) is 35.4 Å². The molecule has 0 atom stereocenters. The third-order valence-corrected chi connectivity index (χ3v) is 3.64. The van der Waals surface area contributed by atoms with Gasteiger partial charge in [0, 0.05) is 22.2 Å². The fourth-order valence-electron chi connectivity index (χ4n) is 1.49. The first kappa shape index (κ1) is 12.2. The molecule has 0 spiro atoms. The fraction of sp³-hybridized carbons (Fsp3) is 0.167. The van der Waals surface area contributed by atoms with Crippen LogP contribution in [0.3, 0.4) is 0 Å². The minimum absolute atomic E-state index is 0.148. The molecule has 0 aliphatic rings. The Kier molecular flexibility index (Phi) is 3.86. The molecule has 0 aliphatic heterocycles. The number of aliphatic carboxylic acids is 1. The zero-order valence-corrected chi connectivity index (χ0v) is 10.5. The van der Waals surface area contributed by atoms with Crippen molar-refractivity contribution in [1.29, 1.82) is 0 Å². The monoisotopic (exact) mass is 267 g/mol. The van der Waals surface area contributed by atoms with Crippen molar-refractivity contribution in [3.8, 4) is 0 Å². The Balaban J connectivity index is 2.28. The Morgan fingerprint density at radius 1 is 1.41 bits per heavy atom. The fourth-order valence-corrected chi connectivity index (χ4v) is 2.69. The first-order valence-electron chi connectivity index (χ1n) is 5.06. The number of rotatable bonds is 4. The van der Waals surface area contributed by atoms with Crippen LogP contribution in [0.5, 0.6) is 0 Å². The number of benzene rings is 1. The maximum atomic E-state index is 10.5. The third-order valence-electron chi connectivity index (χ3n) is 2.26. The second-order valence-electron chi connectivity index (χ2n) is 3.44. The van der Waals surface area contributed by atoms with E-state index in [-0.39, 0.29) is 6.42 Å². The number of nitrogens with zero attached hydrogens (tertiary/aromatic N) is 1. The lowest BCUT2D eigenvalue weighted by Crippen LogP contribution is -1.95. The number of carboxylic acids is 1. The van der Waals surface area contributed by atoms with Gasteiger partial charge < -0.3 is 5.11 Å². The van der Waals surface area contributed by atoms with Crippen molar-refractivity contribution in [2.75, 3.05) is 5.75 Å². The van der Waals surface area contributed by atoms with Gasteiger partial charge in [-0.3, -0.25) is 9.78 Å². The van der Waals surface area contributed by atoms with Gasteiger partial charge in [0.25, 0.3) is 0 Å². The Morgan fingerprint density at radius 2 is 2.24 bits per heavy atom. The molecule has 1 N–H and O–H groups in total. The van der Waals surface area contributed by atoms with Gasteiger partial charge in [0.2, 0.25) is 0 Å². The number of aromatic nitrogens is 1. The summed E-state index contributed by atoms with van der Waals surface area (Å²) in [6, 6.07) is 7.48. The summed E-state index contributed by atoms with van der Waals surface area (Å²) < 4.78 is 0. The molecule has 1 heterocycles. The summed E-state index contributed by atoms with van der Waals surface area (Å²) >= 11 is 7.56. The molecular weight excluding hydrogens is 258 g/mol. The van der Waals surface area contributed by atoms with E-state index in [4.69, 9.17) is 16.7 Å². The van der Waals surface area contributed by atoms with Crippen LogP contribution in [0, 0.1) is 0 Å². The van der Waals surface area contributed by atoms with E-state index in [1.54, 1.807) is 12.3 Å². The van der Waals surface area contributed by atoms with Crippen molar-refractivity contribution in [2.45, 2.75) is 11.3 Å². The van der Waals surface area contributed by atoms with Crippen LogP contribution in [0.2, 0.25) is 5.02 Å². The largest absolute Gasteiger partial charge is 0.481 e. The molecule has 0 fully saturated rings. The van der Waals surface area contributed by atoms with Crippen LogP contribution in [-0.2, 0) is 4.79 Å². The Hall–Kier alpha value is -1.26. The minimum Gasteiger partial charge on any atom is -0.481 e. The predicted molar refractivity (Wildman–Crippen MR) is 69.7 cm³/mol. The number of para-hydroxylation sites is 1. The minimum atomic E-state index is -0.783. The molecule has 1 aromatic carbocycles. The zero-order valence-electron chi connectivity index (χ0n) is 8.89. The van der Waals surface area contributed by atoms with Crippen LogP contribution in [0.25, 0.3) is 10.9 Å². The van der Waals surface area contributed by atoms with Crippen LogP contribution < -0.4 is 0 Å². The maximum Gasteiger partial charge on any atom is 0.304 e. The van der Waals surface area contributed by atoms with E-state index in [0.29, 0.717) is 10.8 Å². The first-order valence-corrected chi connectivity index (χ1v) is 6.42. The number of hydrogen-bond donors (Lipinski definition) is 1. The van der Waals surface area contributed by atoms with E-state index in [0.717, 1.165) is 15.8 Å². The lowest BCUT2D eigenvalue weighted by molar-refractivity contribution is -0.136. The predicted octanol–water partition coefficient (Wildman–Crippen LogP) is 3.46. The molecule has 0 amide bonds. The van der Waals surface area contributed by atoms with Crippen molar-refractivity contribution >= 4 is 40.2 Å². The number of carbonyl (C=O) groups is 1. The zero-order chi connectivity index (χ0) is 12.3. The van der Waals surface area contributed by atoms with Gasteiger partial charge in [0.05, 0.1) is 17.0 Å². The average Bonchev–Trinajstić information content (AvgIpc) is 2.30. The summed E-state index contributed by atoms with van der Waals surface area (Å²) in [7, 11) is 0. The molecule has 3 nitrogen and oxygen atoms in total. The molecule has 2 aromatic rings. The lowest BCUT2D eigenvalue weighted by Gasteiger charge is -2.05. The van der Waals surface area contributed by atoms with Gasteiger partial charge in [-0.25, -0.2) is 0 Å². The van der Waals surface area contributed by atoms with Gasteiger partial charge in [-0.1, -0.05) is 23.7 Å². The van der Waals surface area contributed by atoms with Crippen molar-refractivity contribution in [3.63, 3.8) is 0 Å². The SMILES string of the molecule is O=C(O)CCSc1ccnc2c(Cl)cccc12. The summed E-state index contributed by atoms with van der Waals surface area (Å²) in [5.74, 6) is -0.241. The molecular formula is C12H10ClNO2S. The third kappa shape index (κ3) is 2.90. The highest BCUT2D eigenvalue weighted by atomic mass is 35.5. The summed E-state index contributed by atoms with van der Waals surface area (Å²) in [5, 5.41) is 10.2. The normalized spacial score (nSPS) is 10.6. The molecule has 17 heavy (non-hydrogen) atoms. The summed E-state index contributed by atoms with van der Waals surface area (Å²) in [6.07, 6.45) is 1.84. The quantitative estimate of drug-likeness (QED) is 0.862. The van der Waals surface area contributed by atoms with E-state index >= 15 is 0 Å². The Labute approximate surface area is 108 Å². The molecule has 2 rings (SSSR count). The van der Waals surface area contributed by atoms with Gasteiger partial charge in [-0.15, -0.1) is 11.8 Å². The number of carboxylic acid groups (broad SMARTS) is 1. The molecule has 0 radical (unpaired) electrons. The van der Waals surface area contributed by atoms with E-state index in [1.165, 1.54) is 11.8 Å². The second kappa shape index (κ2) is 5.38. The number of pyridine rings is 1. The maximum absolute atomic E-state index is 10.5. The molecule has 0 saturated carbocycles.